The molecule has 0 unspecified atom stereocenters. The molecule has 1 aromatic heterocycles. The van der Waals surface area contributed by atoms with E-state index >= 15 is 0 Å². The van der Waals surface area contributed by atoms with Crippen LogP contribution in [0.2, 0.25) is 0 Å². The molecule has 2 fully saturated rings. The van der Waals surface area contributed by atoms with Gasteiger partial charge in [0.1, 0.15) is 12.2 Å². The number of nitrogens with one attached hydrogen (secondary N) is 2. The first-order valence-electron chi connectivity index (χ1n) is 11.0. The zero-order valence-corrected chi connectivity index (χ0v) is 18.9. The van der Waals surface area contributed by atoms with E-state index in [-0.39, 0.29) is 30.5 Å². The first-order valence-corrected chi connectivity index (χ1v) is 11.0. The summed E-state index contributed by atoms with van der Waals surface area (Å²) in [4.78, 5) is 34.7. The summed E-state index contributed by atoms with van der Waals surface area (Å²) in [5.74, 6) is 0.973. The third-order valence-electron chi connectivity index (χ3n) is 5.05. The molecule has 1 aromatic rings. The largest absolute Gasteiger partial charge is 0.486 e. The van der Waals surface area contributed by atoms with Crippen molar-refractivity contribution < 1.29 is 23.5 Å². The Morgan fingerprint density at radius 1 is 1.25 bits per heavy atom. The van der Waals surface area contributed by atoms with Gasteiger partial charge in [-0.3, -0.25) is 4.79 Å². The van der Waals surface area contributed by atoms with Crippen LogP contribution in [0.3, 0.4) is 0 Å². The van der Waals surface area contributed by atoms with Gasteiger partial charge in [-0.15, -0.1) is 0 Å². The predicted molar refractivity (Wildman–Crippen MR) is 117 cm³/mol. The number of halogens is 1. The maximum atomic E-state index is 13.1. The Balaban J connectivity index is 1.45. The Labute approximate surface area is 187 Å². The Morgan fingerprint density at radius 2 is 1.97 bits per heavy atom. The van der Waals surface area contributed by atoms with Crippen molar-refractivity contribution in [2.45, 2.75) is 58.1 Å². The summed E-state index contributed by atoms with van der Waals surface area (Å²) in [7, 11) is 0. The molecule has 0 aromatic carbocycles. The lowest BCUT2D eigenvalue weighted by Gasteiger charge is -2.32. The highest BCUT2D eigenvalue weighted by atomic mass is 19.1. The maximum absolute atomic E-state index is 13.1. The van der Waals surface area contributed by atoms with Gasteiger partial charge in [-0.25, -0.2) is 19.2 Å². The van der Waals surface area contributed by atoms with Crippen LogP contribution in [-0.2, 0) is 9.53 Å². The molecule has 2 N–H and O–H groups in total. The SMILES string of the molecule is CC(C)(C)OC(=O)NC/C(=C\F)COc1cnc(N2CCC[C@H](C(=O)NC3CC3)C2)nc1. The minimum Gasteiger partial charge on any atom is -0.486 e. The number of alkyl carbamates (subject to hydrolysis) is 1. The van der Waals surface area contributed by atoms with Crippen molar-refractivity contribution in [3.8, 4) is 5.75 Å². The van der Waals surface area contributed by atoms with Gasteiger partial charge in [-0.05, 0) is 46.5 Å². The minimum absolute atomic E-state index is 0.0392. The molecule has 0 bridgehead atoms. The summed E-state index contributed by atoms with van der Waals surface area (Å²) < 4.78 is 23.8. The monoisotopic (exact) mass is 449 g/mol. The lowest BCUT2D eigenvalue weighted by atomic mass is 9.97. The van der Waals surface area contributed by atoms with E-state index in [0.717, 1.165) is 32.2 Å². The van der Waals surface area contributed by atoms with Crippen LogP contribution in [0.25, 0.3) is 0 Å². The number of aromatic nitrogens is 2. The van der Waals surface area contributed by atoms with E-state index in [1.54, 1.807) is 20.8 Å². The smallest absolute Gasteiger partial charge is 0.407 e. The van der Waals surface area contributed by atoms with Crippen LogP contribution in [-0.4, -0.2) is 59.9 Å². The van der Waals surface area contributed by atoms with E-state index in [9.17, 15) is 14.0 Å². The topological polar surface area (TPSA) is 106 Å². The van der Waals surface area contributed by atoms with E-state index < -0.39 is 11.7 Å². The first-order chi connectivity index (χ1) is 15.2. The fourth-order valence-electron chi connectivity index (χ4n) is 3.26. The third-order valence-corrected chi connectivity index (χ3v) is 5.05. The number of hydrogen-bond donors (Lipinski definition) is 2. The van der Waals surface area contributed by atoms with Crippen molar-refractivity contribution in [3.05, 3.63) is 24.3 Å². The van der Waals surface area contributed by atoms with Crippen molar-refractivity contribution >= 4 is 17.9 Å². The Bertz CT molecular complexity index is 821. The number of carbonyl (C=O) groups is 2. The molecule has 2 amide bonds. The van der Waals surface area contributed by atoms with Gasteiger partial charge in [-0.1, -0.05) is 0 Å². The normalized spacial score (nSPS) is 19.3. The van der Waals surface area contributed by atoms with E-state index in [0.29, 0.717) is 30.6 Å². The Hall–Kier alpha value is -2.91. The van der Waals surface area contributed by atoms with Crippen LogP contribution in [0.5, 0.6) is 5.75 Å². The van der Waals surface area contributed by atoms with Gasteiger partial charge in [0.05, 0.1) is 24.6 Å². The van der Waals surface area contributed by atoms with Crippen molar-refractivity contribution in [2.24, 2.45) is 5.92 Å². The molecule has 0 radical (unpaired) electrons. The van der Waals surface area contributed by atoms with Gasteiger partial charge in [0.25, 0.3) is 0 Å². The quantitative estimate of drug-likeness (QED) is 0.629. The fraction of sp³-hybridized carbons (Fsp3) is 0.636. The van der Waals surface area contributed by atoms with Gasteiger partial charge in [-0.2, -0.15) is 0 Å². The molecule has 3 rings (SSSR count). The Kier molecular flexibility index (Phi) is 7.87. The summed E-state index contributed by atoms with van der Waals surface area (Å²) in [6, 6.07) is 0.355. The second-order valence-electron chi connectivity index (χ2n) is 9.20. The molecule has 1 aliphatic heterocycles. The van der Waals surface area contributed by atoms with Crippen LogP contribution >= 0.6 is 0 Å². The molecule has 1 saturated carbocycles. The number of ether oxygens (including phenoxy) is 2. The second-order valence-corrected chi connectivity index (χ2v) is 9.20. The molecular weight excluding hydrogens is 417 g/mol. The predicted octanol–water partition coefficient (Wildman–Crippen LogP) is 2.73. The fourth-order valence-corrected chi connectivity index (χ4v) is 3.26. The van der Waals surface area contributed by atoms with Gasteiger partial charge in [0, 0.05) is 31.2 Å². The highest BCUT2D eigenvalue weighted by molar-refractivity contribution is 5.80. The number of amides is 2. The van der Waals surface area contributed by atoms with Gasteiger partial charge >= 0.3 is 6.09 Å². The van der Waals surface area contributed by atoms with Crippen LogP contribution in [0.15, 0.2) is 24.3 Å². The van der Waals surface area contributed by atoms with E-state index in [2.05, 4.69) is 20.6 Å². The summed E-state index contributed by atoms with van der Waals surface area (Å²) in [6.07, 6.45) is 6.72. The van der Waals surface area contributed by atoms with E-state index in [4.69, 9.17) is 9.47 Å². The molecule has 2 aliphatic rings. The van der Waals surface area contributed by atoms with Crippen LogP contribution in [0, 0.1) is 5.92 Å². The maximum Gasteiger partial charge on any atom is 0.407 e. The van der Waals surface area contributed by atoms with Gasteiger partial charge in [0.2, 0.25) is 11.9 Å². The van der Waals surface area contributed by atoms with Crippen LogP contribution < -0.4 is 20.3 Å². The number of nitrogens with zero attached hydrogens (tertiary/aromatic N) is 3. The average Bonchev–Trinajstić information content (AvgIpc) is 3.57. The van der Waals surface area contributed by atoms with Crippen molar-refractivity contribution in [1.29, 1.82) is 0 Å². The molecule has 9 nitrogen and oxygen atoms in total. The molecular formula is C22H32FN5O4. The number of anilines is 1. The molecule has 32 heavy (non-hydrogen) atoms. The molecule has 10 heteroatoms. The lowest BCUT2D eigenvalue weighted by molar-refractivity contribution is -0.125. The highest BCUT2D eigenvalue weighted by Gasteiger charge is 2.31. The zero-order valence-electron chi connectivity index (χ0n) is 18.9. The summed E-state index contributed by atoms with van der Waals surface area (Å²) in [5.41, 5.74) is -0.394. The standard InChI is InChI=1S/C22H32FN5O4/c1-22(2,3)32-21(30)26-10-15(9-23)14-31-18-11-24-20(25-12-18)28-8-4-5-16(13-28)19(29)27-17-6-7-17/h9,11-12,16-17H,4-8,10,13-14H2,1-3H3,(H,26,30)(H,27,29)/b15-9+/t16-/m0/s1. The van der Waals surface area contributed by atoms with Crippen molar-refractivity contribution in [1.82, 2.24) is 20.6 Å². The second kappa shape index (κ2) is 10.6. The van der Waals surface area contributed by atoms with Crippen LogP contribution in [0.1, 0.15) is 46.5 Å². The molecule has 1 saturated heterocycles. The first kappa shape index (κ1) is 23.7. The lowest BCUT2D eigenvalue weighted by Crippen LogP contribution is -2.44. The minimum atomic E-state index is -0.630. The molecule has 1 aliphatic carbocycles. The molecule has 1 atom stereocenters. The van der Waals surface area contributed by atoms with Gasteiger partial charge < -0.3 is 25.0 Å². The molecule has 2 heterocycles. The average molecular weight is 450 g/mol. The number of piperidine rings is 1. The number of carbonyl (C=O) groups excluding carboxylic acids is 2. The number of hydrogen-bond acceptors (Lipinski definition) is 7. The summed E-state index contributed by atoms with van der Waals surface area (Å²) in [5, 5.41) is 5.56. The Morgan fingerprint density at radius 3 is 2.59 bits per heavy atom. The van der Waals surface area contributed by atoms with Crippen LogP contribution in [0.4, 0.5) is 15.1 Å². The van der Waals surface area contributed by atoms with E-state index in [1.165, 1.54) is 12.4 Å². The van der Waals surface area contributed by atoms with Crippen molar-refractivity contribution in [3.63, 3.8) is 0 Å². The van der Waals surface area contributed by atoms with Crippen molar-refractivity contribution in [2.75, 3.05) is 31.1 Å². The molecule has 176 valence electrons. The summed E-state index contributed by atoms with van der Waals surface area (Å²) >= 11 is 0. The molecule has 0 spiro atoms. The third kappa shape index (κ3) is 7.65. The zero-order chi connectivity index (χ0) is 23.1. The van der Waals surface area contributed by atoms with E-state index in [1.807, 2.05) is 4.90 Å². The highest BCUT2D eigenvalue weighted by Crippen LogP contribution is 2.24. The van der Waals surface area contributed by atoms with Gasteiger partial charge in [0.15, 0.2) is 5.75 Å². The summed E-state index contributed by atoms with van der Waals surface area (Å²) in [6.45, 7) is 6.52. The number of rotatable bonds is 8.